The highest BCUT2D eigenvalue weighted by atomic mass is 32.2. The number of rotatable bonds is 8. The number of likely N-dealkylation sites (tertiary alicyclic amines) is 1. The van der Waals surface area contributed by atoms with Gasteiger partial charge in [-0.1, -0.05) is 23.9 Å². The Labute approximate surface area is 256 Å². The van der Waals surface area contributed by atoms with Crippen molar-refractivity contribution < 1.29 is 40.7 Å². The number of hydrogen-bond donors (Lipinski definition) is 1. The van der Waals surface area contributed by atoms with Gasteiger partial charge in [0.05, 0.1) is 30.9 Å². The third-order valence-electron chi connectivity index (χ3n) is 7.23. The lowest BCUT2D eigenvalue weighted by atomic mass is 9.99. The van der Waals surface area contributed by atoms with Crippen LogP contribution in [0.2, 0.25) is 0 Å². The van der Waals surface area contributed by atoms with Gasteiger partial charge in [-0.15, -0.1) is 0 Å². The van der Waals surface area contributed by atoms with Crippen molar-refractivity contribution in [2.24, 2.45) is 0 Å². The maximum atomic E-state index is 14.3. The number of alkyl halides is 6. The van der Waals surface area contributed by atoms with E-state index in [0.29, 0.717) is 54.8 Å². The Morgan fingerprint density at radius 1 is 0.955 bits per heavy atom. The van der Waals surface area contributed by atoms with Gasteiger partial charge in [0, 0.05) is 53.8 Å². The number of amides is 2. The van der Waals surface area contributed by atoms with Crippen molar-refractivity contribution in [3.63, 3.8) is 0 Å². The van der Waals surface area contributed by atoms with E-state index in [1.807, 2.05) is 14.1 Å². The molecule has 2 aliphatic rings. The van der Waals surface area contributed by atoms with Crippen LogP contribution in [0.3, 0.4) is 0 Å². The summed E-state index contributed by atoms with van der Waals surface area (Å²) in [6.07, 6.45) is -7.66. The fourth-order valence-electron chi connectivity index (χ4n) is 5.12. The number of likely N-dealkylation sites (N-methyl/N-ethyl adjacent to an activating group) is 1. The molecule has 0 aromatic heterocycles. The van der Waals surface area contributed by atoms with Crippen LogP contribution < -0.4 is 5.32 Å². The van der Waals surface area contributed by atoms with Gasteiger partial charge in [-0.25, -0.2) is 0 Å². The number of morpholine rings is 1. The smallest absolute Gasteiger partial charge is 0.382 e. The topological polar surface area (TPSA) is 65.1 Å². The van der Waals surface area contributed by atoms with Gasteiger partial charge in [0.2, 0.25) is 11.8 Å². The van der Waals surface area contributed by atoms with Crippen LogP contribution in [0, 0.1) is 0 Å². The lowest BCUT2D eigenvalue weighted by Crippen LogP contribution is -2.45. The van der Waals surface area contributed by atoms with Crippen molar-refractivity contribution >= 4 is 35.3 Å². The first-order valence-corrected chi connectivity index (χ1v) is 14.9. The van der Waals surface area contributed by atoms with Gasteiger partial charge in [0.25, 0.3) is 0 Å². The zero-order chi connectivity index (χ0) is 32.1. The molecule has 2 aromatic carbocycles. The first kappa shape index (κ1) is 33.7. The molecule has 7 nitrogen and oxygen atoms in total. The van der Waals surface area contributed by atoms with Gasteiger partial charge >= 0.3 is 12.4 Å². The molecular weight excluding hydrogens is 610 g/mol. The summed E-state index contributed by atoms with van der Waals surface area (Å²) < 4.78 is 90.6. The maximum absolute atomic E-state index is 14.3. The first-order chi connectivity index (χ1) is 20.7. The number of anilines is 1. The molecule has 0 spiro atoms. The van der Waals surface area contributed by atoms with Crippen molar-refractivity contribution in [2.45, 2.75) is 41.0 Å². The van der Waals surface area contributed by atoms with Gasteiger partial charge in [-0.05, 0) is 62.8 Å². The van der Waals surface area contributed by atoms with Crippen LogP contribution in [-0.4, -0.2) is 92.6 Å². The van der Waals surface area contributed by atoms with E-state index in [1.165, 1.54) is 11.0 Å². The van der Waals surface area contributed by atoms with E-state index >= 15 is 0 Å². The van der Waals surface area contributed by atoms with Gasteiger partial charge in [0.1, 0.15) is 0 Å². The lowest BCUT2D eigenvalue weighted by Gasteiger charge is -2.33. The predicted octanol–water partition coefficient (Wildman–Crippen LogP) is 5.71. The average Bonchev–Trinajstić information content (AvgIpc) is 2.95. The van der Waals surface area contributed by atoms with Crippen molar-refractivity contribution in [3.8, 4) is 0 Å². The molecule has 0 aliphatic carbocycles. The largest absolute Gasteiger partial charge is 0.418 e. The summed E-state index contributed by atoms with van der Waals surface area (Å²) in [5.74, 6) is -0.570. The third kappa shape index (κ3) is 8.91. The SMILES string of the molecule is CN(C)CC(=O)N1CCC(Nc2cccc(Sc3ccc(/C=C/C(=O)N4CCOCC4)c(C(F)(F)F)c3C(F)(F)F)c2)CC1. The number of hydrogen-bond acceptors (Lipinski definition) is 6. The number of carbonyl (C=O) groups is 2. The number of piperidine rings is 1. The molecule has 2 saturated heterocycles. The first-order valence-electron chi connectivity index (χ1n) is 14.1. The van der Waals surface area contributed by atoms with Crippen LogP contribution in [0.25, 0.3) is 6.08 Å². The standard InChI is InChI=1S/C30H34F6N4O3S/c1-38(2)19-26(42)39-12-10-21(11-13-39)37-22-4-3-5-23(18-22)44-24-8-6-20(7-9-25(41)40-14-16-43-17-15-40)27(29(31,32)33)28(24)30(34,35)36/h3-9,18,21,37H,10-17,19H2,1-2H3/b9-7+. The zero-order valence-electron chi connectivity index (χ0n) is 24.3. The van der Waals surface area contributed by atoms with E-state index in [4.69, 9.17) is 4.74 Å². The molecule has 1 N–H and O–H groups in total. The molecule has 4 rings (SSSR count). The zero-order valence-corrected chi connectivity index (χ0v) is 25.1. The summed E-state index contributed by atoms with van der Waals surface area (Å²) in [6.45, 7) is 2.46. The Kier molecular flexibility index (Phi) is 10.9. The second-order valence-electron chi connectivity index (χ2n) is 10.8. The Hall–Kier alpha value is -3.23. The molecule has 14 heteroatoms. The number of ether oxygens (including phenoxy) is 1. The summed E-state index contributed by atoms with van der Waals surface area (Å²) in [5, 5.41) is 3.33. The average molecular weight is 645 g/mol. The highest BCUT2D eigenvalue weighted by molar-refractivity contribution is 7.99. The van der Waals surface area contributed by atoms with E-state index in [2.05, 4.69) is 5.32 Å². The van der Waals surface area contributed by atoms with Crippen LogP contribution in [-0.2, 0) is 26.7 Å². The highest BCUT2D eigenvalue weighted by Gasteiger charge is 2.46. The van der Waals surface area contributed by atoms with Crippen molar-refractivity contribution in [3.05, 3.63) is 59.2 Å². The fraction of sp³-hybridized carbons (Fsp3) is 0.467. The Morgan fingerprint density at radius 3 is 2.23 bits per heavy atom. The molecule has 44 heavy (non-hydrogen) atoms. The molecule has 0 bridgehead atoms. The summed E-state index contributed by atoms with van der Waals surface area (Å²) in [7, 11) is 3.64. The predicted molar refractivity (Wildman–Crippen MR) is 155 cm³/mol. The van der Waals surface area contributed by atoms with Gasteiger partial charge < -0.3 is 24.8 Å². The number of halogens is 6. The molecule has 2 fully saturated rings. The Balaban J connectivity index is 1.54. The quantitative estimate of drug-likeness (QED) is 0.294. The van der Waals surface area contributed by atoms with Crippen molar-refractivity contribution in [2.75, 3.05) is 65.3 Å². The van der Waals surface area contributed by atoms with Crippen molar-refractivity contribution in [1.82, 2.24) is 14.7 Å². The van der Waals surface area contributed by atoms with Crippen LogP contribution in [0.5, 0.6) is 0 Å². The van der Waals surface area contributed by atoms with Gasteiger partial charge in [-0.3, -0.25) is 9.59 Å². The molecule has 240 valence electrons. The molecule has 2 amide bonds. The minimum Gasteiger partial charge on any atom is -0.382 e. The number of nitrogens with one attached hydrogen (secondary N) is 1. The molecule has 2 aliphatic heterocycles. The maximum Gasteiger partial charge on any atom is 0.418 e. The minimum atomic E-state index is -5.34. The second-order valence-corrected chi connectivity index (χ2v) is 12.0. The van der Waals surface area contributed by atoms with Crippen LogP contribution in [0.15, 0.2) is 52.3 Å². The number of nitrogens with zero attached hydrogens (tertiary/aromatic N) is 3. The summed E-state index contributed by atoms with van der Waals surface area (Å²) in [6, 6.07) is 8.45. The normalized spacial score (nSPS) is 17.0. The molecular formula is C30H34F6N4O3S. The van der Waals surface area contributed by atoms with Crippen molar-refractivity contribution in [1.29, 1.82) is 0 Å². The van der Waals surface area contributed by atoms with E-state index in [0.717, 1.165) is 24.3 Å². The minimum absolute atomic E-state index is 0.0208. The fourth-order valence-corrected chi connectivity index (χ4v) is 6.16. The van der Waals surface area contributed by atoms with Crippen LogP contribution in [0.1, 0.15) is 29.5 Å². The van der Waals surface area contributed by atoms with E-state index < -0.39 is 39.8 Å². The lowest BCUT2D eigenvalue weighted by molar-refractivity contribution is -0.163. The molecule has 0 unspecified atom stereocenters. The number of benzene rings is 2. The highest BCUT2D eigenvalue weighted by Crippen LogP contribution is 2.48. The third-order valence-corrected chi connectivity index (χ3v) is 8.28. The van der Waals surface area contributed by atoms with E-state index in [1.54, 1.807) is 28.0 Å². The monoisotopic (exact) mass is 644 g/mol. The van der Waals surface area contributed by atoms with E-state index in [-0.39, 0.29) is 38.3 Å². The molecule has 2 heterocycles. The summed E-state index contributed by atoms with van der Waals surface area (Å²) >= 11 is 0.583. The van der Waals surface area contributed by atoms with Gasteiger partial charge in [0.15, 0.2) is 0 Å². The molecule has 0 saturated carbocycles. The molecule has 0 radical (unpaired) electrons. The van der Waals surface area contributed by atoms with Gasteiger partial charge in [-0.2, -0.15) is 26.3 Å². The van der Waals surface area contributed by atoms with Crippen LogP contribution in [0.4, 0.5) is 32.0 Å². The summed E-state index contributed by atoms with van der Waals surface area (Å²) in [4.78, 5) is 29.4. The molecule has 0 atom stereocenters. The second kappa shape index (κ2) is 14.2. The van der Waals surface area contributed by atoms with E-state index in [9.17, 15) is 35.9 Å². The number of carbonyl (C=O) groups excluding carboxylic acids is 2. The summed E-state index contributed by atoms with van der Waals surface area (Å²) in [5.41, 5.74) is -3.78. The Bertz CT molecular complexity index is 1350. The van der Waals surface area contributed by atoms with Crippen LogP contribution >= 0.6 is 11.8 Å². The molecule has 2 aromatic rings. The Morgan fingerprint density at radius 2 is 1.61 bits per heavy atom.